The molecule has 0 aliphatic carbocycles. The number of rotatable bonds is 5. The van der Waals surface area contributed by atoms with Crippen LogP contribution in [-0.4, -0.2) is 36.3 Å². The van der Waals surface area contributed by atoms with Crippen LogP contribution in [0.1, 0.15) is 11.3 Å². The summed E-state index contributed by atoms with van der Waals surface area (Å²) in [4.78, 5) is 13.4. The van der Waals surface area contributed by atoms with Crippen molar-refractivity contribution in [3.63, 3.8) is 0 Å². The first kappa shape index (κ1) is 14.9. The van der Waals surface area contributed by atoms with E-state index in [1.807, 2.05) is 31.2 Å². The predicted octanol–water partition coefficient (Wildman–Crippen LogP) is 2.83. The maximum Gasteiger partial charge on any atom is 0.322 e. The summed E-state index contributed by atoms with van der Waals surface area (Å²) in [7, 11) is 1.70. The van der Waals surface area contributed by atoms with Gasteiger partial charge in [-0.15, -0.1) is 0 Å². The van der Waals surface area contributed by atoms with Gasteiger partial charge in [-0.25, -0.2) is 4.79 Å². The Balaban J connectivity index is 1.76. The van der Waals surface area contributed by atoms with E-state index in [4.69, 9.17) is 9.26 Å². The summed E-state index contributed by atoms with van der Waals surface area (Å²) in [6.07, 6.45) is 0. The van der Waals surface area contributed by atoms with Gasteiger partial charge in [0.05, 0.1) is 6.54 Å². The van der Waals surface area contributed by atoms with Gasteiger partial charge in [-0.2, -0.15) is 0 Å². The molecule has 2 amide bonds. The van der Waals surface area contributed by atoms with Gasteiger partial charge in [0.1, 0.15) is 18.1 Å². The molecule has 1 aromatic carbocycles. The van der Waals surface area contributed by atoms with Gasteiger partial charge in [0.25, 0.3) is 0 Å². The van der Waals surface area contributed by atoms with Gasteiger partial charge in [0.2, 0.25) is 0 Å². The maximum atomic E-state index is 11.9. The van der Waals surface area contributed by atoms with Crippen LogP contribution >= 0.6 is 0 Å². The molecule has 0 atom stereocenters. The number of carbonyl (C=O) groups is 1. The van der Waals surface area contributed by atoms with E-state index in [0.29, 0.717) is 24.7 Å². The van der Waals surface area contributed by atoms with Crippen LogP contribution in [0.5, 0.6) is 5.75 Å². The van der Waals surface area contributed by atoms with Crippen LogP contribution in [0, 0.1) is 13.8 Å². The number of hydrogen-bond donors (Lipinski definition) is 1. The Morgan fingerprint density at radius 1 is 1.38 bits per heavy atom. The number of aromatic nitrogens is 1. The lowest BCUT2D eigenvalue weighted by Gasteiger charge is -2.17. The fraction of sp³-hybridized carbons (Fsp3) is 0.333. The smallest absolute Gasteiger partial charge is 0.322 e. The van der Waals surface area contributed by atoms with Crippen LogP contribution in [0.15, 0.2) is 34.9 Å². The third-order valence-corrected chi connectivity index (χ3v) is 2.89. The molecule has 6 heteroatoms. The zero-order valence-electron chi connectivity index (χ0n) is 12.4. The Morgan fingerprint density at radius 3 is 2.86 bits per heavy atom. The molecule has 0 aliphatic rings. The number of aryl methyl sites for hydroxylation is 2. The molecule has 0 radical (unpaired) electrons. The SMILES string of the molecule is Cc1cccc(OCCN(C)C(=O)Nc2cc(C)on2)c1. The number of amides is 2. The lowest BCUT2D eigenvalue weighted by molar-refractivity contribution is 0.207. The van der Waals surface area contributed by atoms with Gasteiger partial charge < -0.3 is 14.2 Å². The largest absolute Gasteiger partial charge is 0.492 e. The van der Waals surface area contributed by atoms with Crippen molar-refractivity contribution < 1.29 is 14.1 Å². The molecule has 112 valence electrons. The minimum atomic E-state index is -0.254. The third-order valence-electron chi connectivity index (χ3n) is 2.89. The molecule has 2 rings (SSSR count). The third kappa shape index (κ3) is 4.52. The number of carbonyl (C=O) groups excluding carboxylic acids is 1. The Labute approximate surface area is 123 Å². The number of nitrogens with one attached hydrogen (secondary N) is 1. The Morgan fingerprint density at radius 2 is 2.19 bits per heavy atom. The Kier molecular flexibility index (Phi) is 4.81. The highest BCUT2D eigenvalue weighted by Crippen LogP contribution is 2.12. The van der Waals surface area contributed by atoms with E-state index in [-0.39, 0.29) is 6.03 Å². The van der Waals surface area contributed by atoms with Crippen molar-refractivity contribution in [1.29, 1.82) is 0 Å². The topological polar surface area (TPSA) is 67.6 Å². The van der Waals surface area contributed by atoms with Gasteiger partial charge in [0, 0.05) is 13.1 Å². The molecule has 0 aliphatic heterocycles. The van der Waals surface area contributed by atoms with E-state index in [9.17, 15) is 4.79 Å². The zero-order valence-corrected chi connectivity index (χ0v) is 12.4. The van der Waals surface area contributed by atoms with Crippen molar-refractivity contribution in [2.24, 2.45) is 0 Å². The van der Waals surface area contributed by atoms with Crippen LogP contribution in [0.4, 0.5) is 10.6 Å². The van der Waals surface area contributed by atoms with Gasteiger partial charge >= 0.3 is 6.03 Å². The van der Waals surface area contributed by atoms with Crippen LogP contribution < -0.4 is 10.1 Å². The fourth-order valence-corrected chi connectivity index (χ4v) is 1.74. The van der Waals surface area contributed by atoms with Crippen molar-refractivity contribution in [3.8, 4) is 5.75 Å². The second-order valence-electron chi connectivity index (χ2n) is 4.84. The van der Waals surface area contributed by atoms with E-state index in [2.05, 4.69) is 10.5 Å². The van der Waals surface area contributed by atoms with Crippen molar-refractivity contribution in [1.82, 2.24) is 10.1 Å². The lowest BCUT2D eigenvalue weighted by Crippen LogP contribution is -2.34. The highest BCUT2D eigenvalue weighted by Gasteiger charge is 2.11. The summed E-state index contributed by atoms with van der Waals surface area (Å²) in [5.74, 6) is 1.86. The van der Waals surface area contributed by atoms with E-state index >= 15 is 0 Å². The number of ether oxygens (including phenoxy) is 1. The van der Waals surface area contributed by atoms with Crippen LogP contribution in [0.2, 0.25) is 0 Å². The zero-order chi connectivity index (χ0) is 15.2. The highest BCUT2D eigenvalue weighted by atomic mass is 16.5. The van der Waals surface area contributed by atoms with Crippen molar-refractivity contribution >= 4 is 11.8 Å². The van der Waals surface area contributed by atoms with Crippen molar-refractivity contribution in [2.75, 3.05) is 25.5 Å². The van der Waals surface area contributed by atoms with E-state index in [1.165, 1.54) is 4.90 Å². The summed E-state index contributed by atoms with van der Waals surface area (Å²) in [6.45, 7) is 4.66. The quantitative estimate of drug-likeness (QED) is 0.919. The van der Waals surface area contributed by atoms with E-state index in [0.717, 1.165) is 11.3 Å². The molecule has 2 aromatic rings. The molecule has 0 unspecified atom stereocenters. The number of hydrogen-bond acceptors (Lipinski definition) is 4. The average molecular weight is 289 g/mol. The second kappa shape index (κ2) is 6.78. The summed E-state index contributed by atoms with van der Waals surface area (Å²) in [5.41, 5.74) is 1.14. The fourth-order valence-electron chi connectivity index (χ4n) is 1.74. The predicted molar refractivity (Wildman–Crippen MR) is 79.6 cm³/mol. The molecular formula is C15H19N3O3. The number of anilines is 1. The first-order valence-corrected chi connectivity index (χ1v) is 6.69. The van der Waals surface area contributed by atoms with E-state index < -0.39 is 0 Å². The van der Waals surface area contributed by atoms with Gasteiger partial charge in [0.15, 0.2) is 5.82 Å². The molecule has 6 nitrogen and oxygen atoms in total. The number of benzene rings is 1. The van der Waals surface area contributed by atoms with Crippen molar-refractivity contribution in [2.45, 2.75) is 13.8 Å². The van der Waals surface area contributed by atoms with Crippen LogP contribution in [0.3, 0.4) is 0 Å². The van der Waals surface area contributed by atoms with Crippen LogP contribution in [-0.2, 0) is 0 Å². The Bertz CT molecular complexity index is 610. The van der Waals surface area contributed by atoms with Crippen LogP contribution in [0.25, 0.3) is 0 Å². The molecule has 1 heterocycles. The standard InChI is InChI=1S/C15H19N3O3/c1-11-5-4-6-13(9-11)20-8-7-18(3)15(19)16-14-10-12(2)21-17-14/h4-6,9-10H,7-8H2,1-3H3,(H,16,17,19). The number of nitrogens with zero attached hydrogens (tertiary/aromatic N) is 2. The molecule has 0 saturated heterocycles. The molecule has 21 heavy (non-hydrogen) atoms. The van der Waals surface area contributed by atoms with Crippen molar-refractivity contribution in [3.05, 3.63) is 41.7 Å². The summed E-state index contributed by atoms with van der Waals surface area (Å²) in [5, 5.41) is 6.36. The molecule has 1 N–H and O–H groups in total. The van der Waals surface area contributed by atoms with Gasteiger partial charge in [-0.1, -0.05) is 17.3 Å². The first-order chi connectivity index (χ1) is 10.0. The summed E-state index contributed by atoms with van der Waals surface area (Å²) in [6, 6.07) is 9.20. The molecule has 1 aromatic heterocycles. The molecular weight excluding hydrogens is 270 g/mol. The molecule has 0 saturated carbocycles. The normalized spacial score (nSPS) is 10.2. The minimum absolute atomic E-state index is 0.254. The number of likely N-dealkylation sites (N-methyl/N-ethyl adjacent to an activating group) is 1. The van der Waals surface area contributed by atoms with Gasteiger partial charge in [-0.05, 0) is 31.5 Å². The highest BCUT2D eigenvalue weighted by molar-refractivity contribution is 5.88. The maximum absolute atomic E-state index is 11.9. The summed E-state index contributed by atoms with van der Waals surface area (Å²) < 4.78 is 10.5. The van der Waals surface area contributed by atoms with E-state index in [1.54, 1.807) is 20.0 Å². The Hall–Kier alpha value is -2.50. The minimum Gasteiger partial charge on any atom is -0.492 e. The molecule has 0 bridgehead atoms. The second-order valence-corrected chi connectivity index (χ2v) is 4.84. The van der Waals surface area contributed by atoms with Gasteiger partial charge in [-0.3, -0.25) is 5.32 Å². The lowest BCUT2D eigenvalue weighted by atomic mass is 10.2. The first-order valence-electron chi connectivity index (χ1n) is 6.69. The monoisotopic (exact) mass is 289 g/mol. The average Bonchev–Trinajstić information content (AvgIpc) is 2.84. The number of urea groups is 1. The molecule has 0 spiro atoms. The molecule has 0 fully saturated rings. The summed E-state index contributed by atoms with van der Waals surface area (Å²) >= 11 is 0.